The van der Waals surface area contributed by atoms with E-state index >= 15 is 0 Å². The van der Waals surface area contributed by atoms with Gasteiger partial charge in [0.25, 0.3) is 0 Å². The molecule has 1 aliphatic carbocycles. The minimum atomic E-state index is -0.824. The minimum absolute atomic E-state index is 0.418. The smallest absolute Gasteiger partial charge is 0.335 e. The van der Waals surface area contributed by atoms with Crippen LogP contribution in [0.15, 0.2) is 18.2 Å². The number of aromatic carboxylic acids is 1. The molecule has 2 aliphatic rings. The normalized spacial score (nSPS) is 29.0. The molecule has 3 nitrogen and oxygen atoms in total. The minimum Gasteiger partial charge on any atom is -0.478 e. The average Bonchev–Trinajstić information content (AvgIpc) is 2.45. The maximum absolute atomic E-state index is 11.1. The molecule has 0 aromatic heterocycles. The first-order valence-electron chi connectivity index (χ1n) is 8.17. The second-order valence-corrected chi connectivity index (χ2v) is 7.02. The number of benzene rings is 1. The first-order valence-corrected chi connectivity index (χ1v) is 8.17. The van der Waals surface area contributed by atoms with Crippen LogP contribution in [0.4, 0.5) is 5.69 Å². The zero-order valence-electron chi connectivity index (χ0n) is 13.0. The summed E-state index contributed by atoms with van der Waals surface area (Å²) in [4.78, 5) is 13.7. The summed E-state index contributed by atoms with van der Waals surface area (Å²) in [6.45, 7) is 5.84. The number of aryl methyl sites for hydroxylation is 1. The molecule has 0 amide bonds. The second kappa shape index (κ2) is 5.70. The maximum Gasteiger partial charge on any atom is 0.335 e. The van der Waals surface area contributed by atoms with Gasteiger partial charge in [-0.05, 0) is 67.7 Å². The van der Waals surface area contributed by atoms with Crippen molar-refractivity contribution in [3.63, 3.8) is 0 Å². The predicted octanol–water partition coefficient (Wildman–Crippen LogP) is 3.96. The first-order chi connectivity index (χ1) is 10.0. The first kappa shape index (κ1) is 14.4. The number of fused-ring (bicyclic) bond motifs is 1. The van der Waals surface area contributed by atoms with Crippen molar-refractivity contribution in [3.05, 3.63) is 29.3 Å². The molecule has 1 N–H and O–H groups in total. The van der Waals surface area contributed by atoms with E-state index < -0.39 is 5.97 Å². The highest BCUT2D eigenvalue weighted by Crippen LogP contribution is 2.37. The fourth-order valence-corrected chi connectivity index (χ4v) is 4.30. The van der Waals surface area contributed by atoms with E-state index in [9.17, 15) is 4.79 Å². The summed E-state index contributed by atoms with van der Waals surface area (Å²) in [5.74, 6) is 0.764. The Bertz CT molecular complexity index is 530. The van der Waals surface area contributed by atoms with Crippen LogP contribution in [-0.4, -0.2) is 23.7 Å². The summed E-state index contributed by atoms with van der Waals surface area (Å²) in [5, 5.41) is 9.16. The summed E-state index contributed by atoms with van der Waals surface area (Å²) in [5.41, 5.74) is 2.91. The van der Waals surface area contributed by atoms with Crippen molar-refractivity contribution in [1.82, 2.24) is 0 Å². The molecule has 0 spiro atoms. The van der Waals surface area contributed by atoms with Crippen LogP contribution < -0.4 is 4.90 Å². The molecule has 1 fully saturated rings. The van der Waals surface area contributed by atoms with Crippen LogP contribution in [-0.2, 0) is 6.42 Å². The lowest BCUT2D eigenvalue weighted by atomic mass is 9.79. The summed E-state index contributed by atoms with van der Waals surface area (Å²) in [6.07, 6.45) is 6.02. The van der Waals surface area contributed by atoms with E-state index in [4.69, 9.17) is 5.11 Å². The van der Waals surface area contributed by atoms with Gasteiger partial charge < -0.3 is 10.0 Å². The van der Waals surface area contributed by atoms with E-state index in [1.807, 2.05) is 12.1 Å². The molecule has 3 heteroatoms. The number of rotatable bonds is 2. The fraction of sp³-hybridized carbons (Fsp3) is 0.611. The van der Waals surface area contributed by atoms with Crippen LogP contribution in [0.1, 0.15) is 55.5 Å². The van der Waals surface area contributed by atoms with Crippen LogP contribution in [0.25, 0.3) is 0 Å². The lowest BCUT2D eigenvalue weighted by molar-refractivity contribution is 0.0697. The highest BCUT2D eigenvalue weighted by molar-refractivity contribution is 5.88. The van der Waals surface area contributed by atoms with Crippen molar-refractivity contribution in [2.45, 2.75) is 52.0 Å². The van der Waals surface area contributed by atoms with Crippen molar-refractivity contribution in [3.8, 4) is 0 Å². The SMILES string of the molecule is CC1CC(C)CC(N2CCCc3cc(C(=O)O)ccc32)C1. The van der Waals surface area contributed by atoms with Gasteiger partial charge >= 0.3 is 5.97 Å². The van der Waals surface area contributed by atoms with Crippen LogP contribution in [0.3, 0.4) is 0 Å². The largest absolute Gasteiger partial charge is 0.478 e. The maximum atomic E-state index is 11.1. The lowest BCUT2D eigenvalue weighted by Gasteiger charge is -2.43. The zero-order chi connectivity index (χ0) is 15.0. The van der Waals surface area contributed by atoms with Crippen LogP contribution in [0.5, 0.6) is 0 Å². The number of carboxylic acid groups (broad SMARTS) is 1. The zero-order valence-corrected chi connectivity index (χ0v) is 13.0. The Balaban J connectivity index is 1.88. The molecule has 21 heavy (non-hydrogen) atoms. The number of anilines is 1. The lowest BCUT2D eigenvalue weighted by Crippen LogP contribution is -2.43. The van der Waals surface area contributed by atoms with Gasteiger partial charge in [-0.2, -0.15) is 0 Å². The number of hydrogen-bond acceptors (Lipinski definition) is 2. The molecule has 1 aromatic rings. The quantitative estimate of drug-likeness (QED) is 0.895. The van der Waals surface area contributed by atoms with Crippen LogP contribution >= 0.6 is 0 Å². The Hall–Kier alpha value is -1.51. The molecule has 2 atom stereocenters. The monoisotopic (exact) mass is 287 g/mol. The number of nitrogens with zero attached hydrogens (tertiary/aromatic N) is 1. The van der Waals surface area contributed by atoms with E-state index in [0.717, 1.165) is 31.2 Å². The summed E-state index contributed by atoms with van der Waals surface area (Å²) < 4.78 is 0. The topological polar surface area (TPSA) is 40.5 Å². The van der Waals surface area contributed by atoms with Gasteiger partial charge in [-0.25, -0.2) is 4.79 Å². The van der Waals surface area contributed by atoms with Crippen LogP contribution in [0.2, 0.25) is 0 Å². The molecule has 3 rings (SSSR count). The average molecular weight is 287 g/mol. The molecule has 0 saturated heterocycles. The van der Waals surface area contributed by atoms with Crippen molar-refractivity contribution < 1.29 is 9.90 Å². The molecule has 1 aromatic carbocycles. The van der Waals surface area contributed by atoms with Gasteiger partial charge in [0.15, 0.2) is 0 Å². The second-order valence-electron chi connectivity index (χ2n) is 7.02. The molecule has 114 valence electrons. The Kier molecular flexibility index (Phi) is 3.92. The van der Waals surface area contributed by atoms with Gasteiger partial charge in [0, 0.05) is 18.3 Å². The molecule has 1 heterocycles. The van der Waals surface area contributed by atoms with Crippen LogP contribution in [0, 0.1) is 11.8 Å². The third-order valence-electron chi connectivity index (χ3n) is 5.08. The molecule has 0 bridgehead atoms. The van der Waals surface area contributed by atoms with Gasteiger partial charge in [-0.3, -0.25) is 0 Å². The fourth-order valence-electron chi connectivity index (χ4n) is 4.30. The van der Waals surface area contributed by atoms with E-state index in [1.54, 1.807) is 6.07 Å². The predicted molar refractivity (Wildman–Crippen MR) is 85.0 cm³/mol. The molecule has 0 radical (unpaired) electrons. The van der Waals surface area contributed by atoms with Gasteiger partial charge in [0.05, 0.1) is 5.56 Å². The third kappa shape index (κ3) is 2.92. The van der Waals surface area contributed by atoms with E-state index in [-0.39, 0.29) is 0 Å². The molecular weight excluding hydrogens is 262 g/mol. The molecule has 1 aliphatic heterocycles. The van der Waals surface area contributed by atoms with E-state index in [1.165, 1.54) is 30.5 Å². The highest BCUT2D eigenvalue weighted by Gasteiger charge is 2.31. The Morgan fingerprint density at radius 3 is 2.57 bits per heavy atom. The molecule has 1 saturated carbocycles. The van der Waals surface area contributed by atoms with Crippen molar-refractivity contribution in [1.29, 1.82) is 0 Å². The number of carbonyl (C=O) groups is 1. The summed E-state index contributed by atoms with van der Waals surface area (Å²) in [7, 11) is 0. The Morgan fingerprint density at radius 1 is 1.19 bits per heavy atom. The molecule has 2 unspecified atom stereocenters. The number of carboxylic acids is 1. The highest BCUT2D eigenvalue weighted by atomic mass is 16.4. The van der Waals surface area contributed by atoms with E-state index in [0.29, 0.717) is 11.6 Å². The summed E-state index contributed by atoms with van der Waals surface area (Å²) in [6, 6.07) is 6.29. The Morgan fingerprint density at radius 2 is 1.90 bits per heavy atom. The number of hydrogen-bond donors (Lipinski definition) is 1. The van der Waals surface area contributed by atoms with E-state index in [2.05, 4.69) is 18.7 Å². The van der Waals surface area contributed by atoms with Gasteiger partial charge in [-0.15, -0.1) is 0 Å². The van der Waals surface area contributed by atoms with Crippen molar-refractivity contribution in [2.75, 3.05) is 11.4 Å². The standard InChI is InChI=1S/C18H25NO2/c1-12-8-13(2)10-16(9-12)19-7-3-4-14-11-15(18(20)21)5-6-17(14)19/h5-6,11-13,16H,3-4,7-10H2,1-2H3,(H,20,21). The van der Waals surface area contributed by atoms with Gasteiger partial charge in [0.2, 0.25) is 0 Å². The van der Waals surface area contributed by atoms with Crippen molar-refractivity contribution in [2.24, 2.45) is 11.8 Å². The Labute approximate surface area is 127 Å². The van der Waals surface area contributed by atoms with Gasteiger partial charge in [0.1, 0.15) is 0 Å². The molecular formula is C18H25NO2. The third-order valence-corrected chi connectivity index (χ3v) is 5.08. The van der Waals surface area contributed by atoms with Crippen molar-refractivity contribution >= 4 is 11.7 Å². The van der Waals surface area contributed by atoms with Gasteiger partial charge in [-0.1, -0.05) is 13.8 Å². The summed E-state index contributed by atoms with van der Waals surface area (Å²) >= 11 is 0.